The molecule has 1 heterocycles. The van der Waals surface area contributed by atoms with Crippen molar-refractivity contribution in [3.05, 3.63) is 12.3 Å². The van der Waals surface area contributed by atoms with Crippen LogP contribution >= 0.6 is 0 Å². The van der Waals surface area contributed by atoms with Crippen molar-refractivity contribution >= 4 is 6.21 Å². The van der Waals surface area contributed by atoms with E-state index in [9.17, 15) is 0 Å². The summed E-state index contributed by atoms with van der Waals surface area (Å²) in [4.78, 5) is 6.09. The van der Waals surface area contributed by atoms with Gasteiger partial charge in [0, 0.05) is 19.0 Å². The molecule has 1 unspecified atom stereocenters. The number of allylic oxidation sites excluding steroid dienone is 1. The highest BCUT2D eigenvalue weighted by Gasteiger charge is 2.10. The van der Waals surface area contributed by atoms with Gasteiger partial charge >= 0.3 is 0 Å². The minimum absolute atomic E-state index is 0.178. The van der Waals surface area contributed by atoms with Crippen molar-refractivity contribution in [2.45, 2.75) is 20.1 Å². The molecule has 1 atom stereocenters. The average molecular weight is 153 g/mol. The summed E-state index contributed by atoms with van der Waals surface area (Å²) in [6.07, 6.45) is 5.45. The third kappa shape index (κ3) is 2.35. The molecule has 1 rings (SSSR count). The lowest BCUT2D eigenvalue weighted by Gasteiger charge is -2.27. The van der Waals surface area contributed by atoms with Crippen LogP contribution in [-0.2, 0) is 0 Å². The fraction of sp³-hybridized carbons (Fsp3) is 0.625. The Bertz CT molecular complexity index is 172. The molecule has 0 amide bonds. The molecule has 0 aromatic rings. The van der Waals surface area contributed by atoms with Gasteiger partial charge in [0.15, 0.2) is 6.29 Å². The van der Waals surface area contributed by atoms with E-state index >= 15 is 0 Å². The van der Waals surface area contributed by atoms with Gasteiger partial charge in [0.2, 0.25) is 0 Å². The van der Waals surface area contributed by atoms with Crippen LogP contribution < -0.4 is 5.73 Å². The topological polar surface area (TPSA) is 41.6 Å². The number of nitrogens with zero attached hydrogens (tertiary/aromatic N) is 2. The van der Waals surface area contributed by atoms with Crippen LogP contribution in [0.3, 0.4) is 0 Å². The van der Waals surface area contributed by atoms with Crippen molar-refractivity contribution in [3.8, 4) is 0 Å². The first-order valence-corrected chi connectivity index (χ1v) is 3.91. The number of aliphatic imine (C=N–C) groups is 1. The molecule has 0 aromatic carbocycles. The summed E-state index contributed by atoms with van der Waals surface area (Å²) in [5.74, 6) is 0.624. The molecule has 1 aliphatic heterocycles. The fourth-order valence-electron chi connectivity index (χ4n) is 1.05. The van der Waals surface area contributed by atoms with E-state index in [4.69, 9.17) is 5.73 Å². The second kappa shape index (κ2) is 3.53. The second-order valence-corrected chi connectivity index (χ2v) is 3.14. The zero-order valence-electron chi connectivity index (χ0n) is 7.07. The number of hydrogen-bond donors (Lipinski definition) is 1. The Kier molecular flexibility index (Phi) is 2.65. The number of nitrogens with two attached hydrogens (primary N) is 1. The standard InChI is InChI=1S/C8H15N3/c1-7(2)6-11-5-3-4-10-8(11)9/h3-5,7-8H,6,9H2,1-2H3. The predicted molar refractivity (Wildman–Crippen MR) is 47.2 cm³/mol. The molecule has 0 fully saturated rings. The second-order valence-electron chi connectivity index (χ2n) is 3.14. The van der Waals surface area contributed by atoms with Crippen molar-refractivity contribution in [2.24, 2.45) is 16.6 Å². The van der Waals surface area contributed by atoms with Crippen LogP contribution in [0.5, 0.6) is 0 Å². The van der Waals surface area contributed by atoms with Crippen LogP contribution in [0.15, 0.2) is 17.3 Å². The SMILES string of the molecule is CC(C)CN1C=CC=NC1N. The summed E-state index contributed by atoms with van der Waals surface area (Å²) in [5, 5.41) is 0. The van der Waals surface area contributed by atoms with E-state index in [1.807, 2.05) is 17.2 Å². The van der Waals surface area contributed by atoms with E-state index < -0.39 is 0 Å². The first-order chi connectivity index (χ1) is 5.20. The smallest absolute Gasteiger partial charge is 0.173 e. The van der Waals surface area contributed by atoms with E-state index in [0.29, 0.717) is 5.92 Å². The van der Waals surface area contributed by atoms with Crippen LogP contribution in [0.25, 0.3) is 0 Å². The largest absolute Gasteiger partial charge is 0.344 e. The lowest BCUT2D eigenvalue weighted by atomic mass is 10.2. The predicted octanol–water partition coefficient (Wildman–Crippen LogP) is 0.785. The summed E-state index contributed by atoms with van der Waals surface area (Å²) in [6.45, 7) is 5.30. The minimum atomic E-state index is -0.178. The summed E-state index contributed by atoms with van der Waals surface area (Å²) in [6, 6.07) is 0. The molecule has 11 heavy (non-hydrogen) atoms. The Hall–Kier alpha value is -0.830. The van der Waals surface area contributed by atoms with Gasteiger partial charge in [0.25, 0.3) is 0 Å². The third-order valence-corrected chi connectivity index (χ3v) is 1.52. The first-order valence-electron chi connectivity index (χ1n) is 3.91. The first kappa shape index (κ1) is 8.27. The molecular weight excluding hydrogens is 138 g/mol. The maximum atomic E-state index is 5.70. The van der Waals surface area contributed by atoms with Crippen molar-refractivity contribution in [1.29, 1.82) is 0 Å². The molecule has 3 heteroatoms. The molecule has 2 N–H and O–H groups in total. The highest BCUT2D eigenvalue weighted by atomic mass is 15.3. The molecule has 0 bridgehead atoms. The third-order valence-electron chi connectivity index (χ3n) is 1.52. The van der Waals surface area contributed by atoms with Crippen molar-refractivity contribution < 1.29 is 0 Å². The molecular formula is C8H15N3. The van der Waals surface area contributed by atoms with Gasteiger partial charge in [-0.05, 0) is 12.0 Å². The van der Waals surface area contributed by atoms with Gasteiger partial charge in [0.1, 0.15) is 0 Å². The maximum absolute atomic E-state index is 5.70. The Morgan fingerprint density at radius 3 is 2.91 bits per heavy atom. The number of rotatable bonds is 2. The monoisotopic (exact) mass is 153 g/mol. The van der Waals surface area contributed by atoms with E-state index in [1.165, 1.54) is 0 Å². The highest BCUT2D eigenvalue weighted by molar-refractivity contribution is 5.71. The van der Waals surface area contributed by atoms with E-state index in [0.717, 1.165) is 6.54 Å². The van der Waals surface area contributed by atoms with Gasteiger partial charge in [-0.15, -0.1) is 0 Å². The van der Waals surface area contributed by atoms with Crippen LogP contribution in [0.1, 0.15) is 13.8 Å². The highest BCUT2D eigenvalue weighted by Crippen LogP contribution is 2.04. The zero-order valence-corrected chi connectivity index (χ0v) is 7.07. The molecule has 0 aromatic heterocycles. The Morgan fingerprint density at radius 1 is 1.64 bits per heavy atom. The maximum Gasteiger partial charge on any atom is 0.173 e. The Morgan fingerprint density at radius 2 is 2.36 bits per heavy atom. The van der Waals surface area contributed by atoms with Gasteiger partial charge in [-0.1, -0.05) is 13.8 Å². The van der Waals surface area contributed by atoms with Crippen molar-refractivity contribution in [3.63, 3.8) is 0 Å². The molecule has 1 aliphatic rings. The molecule has 0 saturated carbocycles. The normalized spacial score (nSPS) is 23.3. The Labute approximate surface area is 67.6 Å². The van der Waals surface area contributed by atoms with Gasteiger partial charge < -0.3 is 4.90 Å². The quantitative estimate of drug-likeness (QED) is 0.637. The minimum Gasteiger partial charge on any atom is -0.344 e. The Balaban J connectivity index is 2.45. The molecule has 62 valence electrons. The van der Waals surface area contributed by atoms with Gasteiger partial charge in [-0.25, -0.2) is 0 Å². The molecule has 3 nitrogen and oxygen atoms in total. The summed E-state index contributed by atoms with van der Waals surface area (Å²) < 4.78 is 0. The summed E-state index contributed by atoms with van der Waals surface area (Å²) in [7, 11) is 0. The van der Waals surface area contributed by atoms with Crippen molar-refractivity contribution in [1.82, 2.24) is 4.90 Å². The number of hydrogen-bond acceptors (Lipinski definition) is 3. The van der Waals surface area contributed by atoms with E-state index in [-0.39, 0.29) is 6.29 Å². The molecule has 0 spiro atoms. The van der Waals surface area contributed by atoms with Gasteiger partial charge in [-0.2, -0.15) is 0 Å². The van der Waals surface area contributed by atoms with Crippen LogP contribution in [0, 0.1) is 5.92 Å². The van der Waals surface area contributed by atoms with Crippen molar-refractivity contribution in [2.75, 3.05) is 6.54 Å². The fourth-order valence-corrected chi connectivity index (χ4v) is 1.05. The van der Waals surface area contributed by atoms with Crippen LogP contribution in [-0.4, -0.2) is 23.9 Å². The summed E-state index contributed by atoms with van der Waals surface area (Å²) in [5.41, 5.74) is 5.70. The average Bonchev–Trinajstić information content (AvgIpc) is 1.93. The van der Waals surface area contributed by atoms with E-state index in [2.05, 4.69) is 18.8 Å². The zero-order chi connectivity index (χ0) is 8.27. The lowest BCUT2D eigenvalue weighted by molar-refractivity contribution is 0.257. The summed E-state index contributed by atoms with van der Waals surface area (Å²) >= 11 is 0. The molecule has 0 saturated heterocycles. The van der Waals surface area contributed by atoms with Crippen LogP contribution in [0.4, 0.5) is 0 Å². The van der Waals surface area contributed by atoms with Gasteiger partial charge in [0.05, 0.1) is 0 Å². The van der Waals surface area contributed by atoms with Gasteiger partial charge in [-0.3, -0.25) is 10.7 Å². The van der Waals surface area contributed by atoms with Crippen LogP contribution in [0.2, 0.25) is 0 Å². The molecule has 0 radical (unpaired) electrons. The molecule has 0 aliphatic carbocycles. The van der Waals surface area contributed by atoms with E-state index in [1.54, 1.807) is 6.21 Å². The lowest BCUT2D eigenvalue weighted by Crippen LogP contribution is -2.40.